The number of H-pyrrole nitrogens is 2. The minimum atomic E-state index is -4.68. The highest BCUT2D eigenvalue weighted by molar-refractivity contribution is 5.97. The molecule has 0 saturated carbocycles. The number of fused-ring (bicyclic) bond motifs is 1. The van der Waals surface area contributed by atoms with Crippen molar-refractivity contribution in [1.82, 2.24) is 40.1 Å². The quantitative estimate of drug-likeness (QED) is 0.300. The fraction of sp³-hybridized carbons (Fsp3) is 0.280. The fourth-order valence-electron chi connectivity index (χ4n) is 4.56. The van der Waals surface area contributed by atoms with Crippen LogP contribution < -0.4 is 4.90 Å². The molecule has 1 fully saturated rings. The number of aliphatic hydroxyl groups is 1. The van der Waals surface area contributed by atoms with Crippen molar-refractivity contribution < 1.29 is 27.8 Å². The van der Waals surface area contributed by atoms with E-state index < -0.39 is 35.6 Å². The van der Waals surface area contributed by atoms with Gasteiger partial charge in [-0.15, -0.1) is 10.2 Å². The first kappa shape index (κ1) is 25.6. The summed E-state index contributed by atoms with van der Waals surface area (Å²) in [6, 6.07) is 7.79. The van der Waals surface area contributed by atoms with Crippen LogP contribution in [0.4, 0.5) is 19.0 Å². The standard InChI is InChI=1S/C25H22F3N9O3/c1-24(2)12-36(19-5-6-37(35-19)15-8-18(25(26,27)28)34-31-11-15)23(39)21(40-24)20(38)22-32-16-4-3-13(7-17(16)33-22)14-9-29-30-10-14/h3-11,20-21,38H,12H2,1-2H3,(H,29,30)(H,32,33)/t20?,21-/m1/s1. The molecule has 4 aromatic heterocycles. The lowest BCUT2D eigenvalue weighted by Gasteiger charge is -2.42. The molecule has 1 aromatic carbocycles. The number of ether oxygens (including phenoxy) is 1. The molecule has 1 aliphatic rings. The summed E-state index contributed by atoms with van der Waals surface area (Å²) in [6.45, 7) is 3.59. The summed E-state index contributed by atoms with van der Waals surface area (Å²) in [5, 5.41) is 28.8. The molecule has 40 heavy (non-hydrogen) atoms. The van der Waals surface area contributed by atoms with E-state index >= 15 is 0 Å². The number of hydrogen-bond donors (Lipinski definition) is 3. The molecule has 15 heteroatoms. The average molecular weight is 554 g/mol. The smallest absolute Gasteiger partial charge is 0.382 e. The van der Waals surface area contributed by atoms with E-state index in [4.69, 9.17) is 4.74 Å². The number of alkyl halides is 3. The highest BCUT2D eigenvalue weighted by Crippen LogP contribution is 2.33. The predicted molar refractivity (Wildman–Crippen MR) is 134 cm³/mol. The SMILES string of the molecule is CC1(C)CN(c2ccn(-c3cnnc(C(F)(F)F)c3)n2)C(=O)[C@@H](C(O)c2nc3ccc(-c4cn[nH]c4)cc3[nH]2)O1. The van der Waals surface area contributed by atoms with Crippen LogP contribution in [-0.4, -0.2) is 69.4 Å². The summed E-state index contributed by atoms with van der Waals surface area (Å²) in [4.78, 5) is 22.4. The number of amides is 1. The number of carbonyl (C=O) groups excluding carboxylic acids is 1. The minimum Gasteiger partial charge on any atom is -0.382 e. The number of anilines is 1. The van der Waals surface area contributed by atoms with Crippen LogP contribution in [0.1, 0.15) is 31.5 Å². The van der Waals surface area contributed by atoms with E-state index in [-0.39, 0.29) is 23.9 Å². The summed E-state index contributed by atoms with van der Waals surface area (Å²) >= 11 is 0. The van der Waals surface area contributed by atoms with Crippen LogP contribution >= 0.6 is 0 Å². The molecule has 5 heterocycles. The van der Waals surface area contributed by atoms with E-state index in [9.17, 15) is 23.1 Å². The number of nitrogens with one attached hydrogen (secondary N) is 2. The molecular formula is C25H22F3N9O3. The predicted octanol–water partition coefficient (Wildman–Crippen LogP) is 3.19. The number of imidazole rings is 1. The van der Waals surface area contributed by atoms with Gasteiger partial charge in [0.05, 0.1) is 41.3 Å². The van der Waals surface area contributed by atoms with E-state index in [1.165, 1.54) is 17.2 Å². The van der Waals surface area contributed by atoms with Crippen LogP contribution in [0.3, 0.4) is 0 Å². The average Bonchev–Trinajstić information content (AvgIpc) is 3.69. The number of benzene rings is 1. The Kier molecular flexibility index (Phi) is 5.92. The van der Waals surface area contributed by atoms with Crippen LogP contribution in [0.25, 0.3) is 27.8 Å². The minimum absolute atomic E-state index is 0.0159. The maximum Gasteiger partial charge on any atom is 0.435 e. The number of hydrogen-bond acceptors (Lipinski definition) is 8. The van der Waals surface area contributed by atoms with E-state index in [2.05, 4.69) is 35.5 Å². The van der Waals surface area contributed by atoms with Crippen molar-refractivity contribution in [3.05, 3.63) is 66.6 Å². The van der Waals surface area contributed by atoms with Gasteiger partial charge in [0.15, 0.2) is 17.6 Å². The lowest BCUT2D eigenvalue weighted by atomic mass is 10.0. The number of aromatic nitrogens is 8. The molecule has 0 bridgehead atoms. The lowest BCUT2D eigenvalue weighted by Crippen LogP contribution is -2.58. The maximum atomic E-state index is 13.6. The van der Waals surface area contributed by atoms with E-state index in [0.29, 0.717) is 11.0 Å². The molecule has 1 unspecified atom stereocenters. The van der Waals surface area contributed by atoms with Gasteiger partial charge in [-0.25, -0.2) is 9.67 Å². The van der Waals surface area contributed by atoms with Crippen molar-refractivity contribution in [1.29, 1.82) is 0 Å². The zero-order valence-corrected chi connectivity index (χ0v) is 21.1. The van der Waals surface area contributed by atoms with Gasteiger partial charge in [0.1, 0.15) is 11.9 Å². The topological polar surface area (TPSA) is 151 Å². The number of aromatic amines is 2. The van der Waals surface area contributed by atoms with Gasteiger partial charge in [-0.05, 0) is 37.6 Å². The number of rotatable bonds is 5. The Bertz CT molecular complexity index is 1690. The van der Waals surface area contributed by atoms with Crippen LogP contribution in [0.5, 0.6) is 0 Å². The monoisotopic (exact) mass is 553 g/mol. The molecule has 0 radical (unpaired) electrons. The fourth-order valence-corrected chi connectivity index (χ4v) is 4.56. The largest absolute Gasteiger partial charge is 0.435 e. The van der Waals surface area contributed by atoms with Gasteiger partial charge in [0.2, 0.25) is 0 Å². The van der Waals surface area contributed by atoms with Crippen molar-refractivity contribution in [3.8, 4) is 16.8 Å². The number of halogens is 3. The summed E-state index contributed by atoms with van der Waals surface area (Å²) in [7, 11) is 0. The lowest BCUT2D eigenvalue weighted by molar-refractivity contribution is -0.166. The highest BCUT2D eigenvalue weighted by atomic mass is 19.4. The third-order valence-electron chi connectivity index (χ3n) is 6.44. The normalized spacial score (nSPS) is 18.4. The van der Waals surface area contributed by atoms with Crippen LogP contribution in [0.2, 0.25) is 0 Å². The van der Waals surface area contributed by atoms with Gasteiger partial charge in [0.25, 0.3) is 5.91 Å². The van der Waals surface area contributed by atoms with Crippen molar-refractivity contribution in [3.63, 3.8) is 0 Å². The summed E-state index contributed by atoms with van der Waals surface area (Å²) in [6.07, 6.45) is -1.49. The van der Waals surface area contributed by atoms with Crippen molar-refractivity contribution in [2.45, 2.75) is 37.8 Å². The van der Waals surface area contributed by atoms with Gasteiger partial charge in [0, 0.05) is 24.0 Å². The molecule has 12 nitrogen and oxygen atoms in total. The van der Waals surface area contributed by atoms with E-state index in [1.807, 2.05) is 12.1 Å². The zero-order chi connectivity index (χ0) is 28.2. The molecule has 3 N–H and O–H groups in total. The zero-order valence-electron chi connectivity index (χ0n) is 21.1. The van der Waals surface area contributed by atoms with Crippen molar-refractivity contribution >= 4 is 22.8 Å². The molecule has 6 rings (SSSR count). The van der Waals surface area contributed by atoms with E-state index in [0.717, 1.165) is 28.1 Å². The Labute approximate surface area is 223 Å². The van der Waals surface area contributed by atoms with Gasteiger partial charge in [-0.3, -0.25) is 14.8 Å². The summed E-state index contributed by atoms with van der Waals surface area (Å²) in [5.74, 6) is -0.276. The first-order valence-electron chi connectivity index (χ1n) is 12.1. The Morgan fingerprint density at radius 2 is 2.00 bits per heavy atom. The second-order valence-corrected chi connectivity index (χ2v) is 9.92. The van der Waals surface area contributed by atoms with Gasteiger partial charge in [-0.1, -0.05) is 6.07 Å². The van der Waals surface area contributed by atoms with E-state index in [1.54, 1.807) is 32.3 Å². The molecule has 2 atom stereocenters. The second kappa shape index (κ2) is 9.24. The Balaban J connectivity index is 1.28. The van der Waals surface area contributed by atoms with Gasteiger partial charge >= 0.3 is 6.18 Å². The molecule has 5 aromatic rings. The third kappa shape index (κ3) is 4.69. The summed E-state index contributed by atoms with van der Waals surface area (Å²) < 4.78 is 46.4. The Morgan fingerprint density at radius 3 is 2.75 bits per heavy atom. The van der Waals surface area contributed by atoms with Crippen molar-refractivity contribution in [2.75, 3.05) is 11.4 Å². The molecule has 1 amide bonds. The van der Waals surface area contributed by atoms with Gasteiger partial charge in [-0.2, -0.15) is 23.4 Å². The molecule has 1 aliphatic heterocycles. The number of nitrogens with zero attached hydrogens (tertiary/aromatic N) is 7. The summed E-state index contributed by atoms with van der Waals surface area (Å²) in [5.41, 5.74) is 0.937. The molecule has 206 valence electrons. The number of morpholine rings is 1. The second-order valence-electron chi connectivity index (χ2n) is 9.92. The first-order valence-corrected chi connectivity index (χ1v) is 12.1. The van der Waals surface area contributed by atoms with Crippen LogP contribution in [-0.2, 0) is 15.7 Å². The first-order chi connectivity index (χ1) is 19.0. The molecule has 1 saturated heterocycles. The maximum absolute atomic E-state index is 13.6. The molecule has 0 aliphatic carbocycles. The molecular weight excluding hydrogens is 531 g/mol. The Hall–Kier alpha value is -4.63. The third-order valence-corrected chi connectivity index (χ3v) is 6.44. The molecule has 0 spiro atoms. The van der Waals surface area contributed by atoms with Gasteiger partial charge < -0.3 is 14.8 Å². The van der Waals surface area contributed by atoms with Crippen LogP contribution in [0, 0.1) is 0 Å². The van der Waals surface area contributed by atoms with Crippen molar-refractivity contribution in [2.24, 2.45) is 0 Å². The highest BCUT2D eigenvalue weighted by Gasteiger charge is 2.45. The number of carbonyl (C=O) groups is 1. The Morgan fingerprint density at radius 1 is 1.18 bits per heavy atom. The number of aliphatic hydroxyl groups excluding tert-OH is 1. The van der Waals surface area contributed by atoms with Crippen LogP contribution in [0.15, 0.2) is 55.1 Å².